The van der Waals surface area contributed by atoms with Gasteiger partial charge in [-0.15, -0.1) is 0 Å². The van der Waals surface area contributed by atoms with Crippen LogP contribution in [0.1, 0.15) is 53.4 Å². The molecule has 0 saturated heterocycles. The largest absolute Gasteiger partial charge is 0.691 e. The number of rotatable bonds is 10. The van der Waals surface area contributed by atoms with E-state index < -0.39 is 5.69 Å². The van der Waals surface area contributed by atoms with E-state index >= 15 is 0 Å². The Kier molecular flexibility index (Phi) is 10.3. The molecule has 0 aromatic rings. The van der Waals surface area contributed by atoms with Gasteiger partial charge in [-0.3, -0.25) is 0 Å². The lowest BCUT2D eigenvalue weighted by Gasteiger charge is -2.28. The van der Waals surface area contributed by atoms with Gasteiger partial charge in [-0.05, 0) is 37.5 Å². The molecular formula is C12H26O2PS2-. The van der Waals surface area contributed by atoms with Gasteiger partial charge in [-0.1, -0.05) is 39.5 Å². The van der Waals surface area contributed by atoms with Crippen molar-refractivity contribution in [3.63, 3.8) is 0 Å². The van der Waals surface area contributed by atoms with E-state index in [0.29, 0.717) is 25.0 Å². The molecule has 2 nitrogen and oxygen atoms in total. The Hall–Kier alpha value is 0.920. The molecule has 0 aliphatic rings. The Balaban J connectivity index is 3.55. The molecule has 0 saturated carbocycles. The van der Waals surface area contributed by atoms with Crippen LogP contribution in [0.5, 0.6) is 0 Å². The molecule has 104 valence electrons. The first-order valence-electron chi connectivity index (χ1n) is 6.43. The Bertz CT molecular complexity index is 213. The van der Waals surface area contributed by atoms with E-state index in [1.807, 2.05) is 0 Å². The van der Waals surface area contributed by atoms with Gasteiger partial charge in [-0.2, -0.15) is 0 Å². The van der Waals surface area contributed by atoms with E-state index in [4.69, 9.17) is 33.1 Å². The van der Waals surface area contributed by atoms with Crippen molar-refractivity contribution < 1.29 is 9.05 Å². The van der Waals surface area contributed by atoms with Crippen LogP contribution in [0.25, 0.3) is 0 Å². The molecule has 0 radical (unpaired) electrons. The molecule has 0 N–H and O–H groups in total. The normalized spacial score (nSPS) is 12.6. The maximum absolute atomic E-state index is 5.51. The summed E-state index contributed by atoms with van der Waals surface area (Å²) in [7, 11) is 0. The molecule has 0 atom stereocenters. The van der Waals surface area contributed by atoms with Crippen LogP contribution >= 0.6 is 5.69 Å². The highest BCUT2D eigenvalue weighted by atomic mass is 32.9. The fraction of sp³-hybridized carbons (Fsp3) is 1.00. The molecule has 5 heteroatoms. The summed E-state index contributed by atoms with van der Waals surface area (Å²) in [5, 5.41) is 0. The van der Waals surface area contributed by atoms with Crippen LogP contribution in [0.4, 0.5) is 0 Å². The molecule has 0 aliphatic carbocycles. The molecule has 17 heavy (non-hydrogen) atoms. The molecule has 0 rings (SSSR count). The van der Waals surface area contributed by atoms with Crippen molar-refractivity contribution in [3.05, 3.63) is 0 Å². The lowest BCUT2D eigenvalue weighted by Crippen LogP contribution is -1.99. The minimum atomic E-state index is -2.40. The van der Waals surface area contributed by atoms with Crippen LogP contribution in [-0.4, -0.2) is 13.2 Å². The van der Waals surface area contributed by atoms with Crippen LogP contribution in [0.15, 0.2) is 0 Å². The quantitative estimate of drug-likeness (QED) is 0.331. The molecule has 0 spiro atoms. The maximum atomic E-state index is 5.51. The van der Waals surface area contributed by atoms with E-state index in [2.05, 4.69) is 27.7 Å². The smallest absolute Gasteiger partial charge is 0.0563 e. The highest BCUT2D eigenvalue weighted by Crippen LogP contribution is 2.46. The first kappa shape index (κ1) is 17.9. The summed E-state index contributed by atoms with van der Waals surface area (Å²) in [6, 6.07) is 0. The van der Waals surface area contributed by atoms with Gasteiger partial charge in [0.15, 0.2) is 0 Å². The fourth-order valence-electron chi connectivity index (χ4n) is 1.37. The van der Waals surface area contributed by atoms with Gasteiger partial charge < -0.3 is 21.3 Å². The Morgan fingerprint density at radius 3 is 1.59 bits per heavy atom. The second-order valence-electron chi connectivity index (χ2n) is 5.19. The number of hydrogen-bond acceptors (Lipinski definition) is 4. The van der Waals surface area contributed by atoms with Crippen molar-refractivity contribution in [3.8, 4) is 0 Å². The molecule has 0 bridgehead atoms. The topological polar surface area (TPSA) is 18.5 Å². The lowest BCUT2D eigenvalue weighted by atomic mass is 10.1. The maximum Gasteiger partial charge on any atom is 0.0563 e. The van der Waals surface area contributed by atoms with Gasteiger partial charge in [0.25, 0.3) is 0 Å². The van der Waals surface area contributed by atoms with Crippen molar-refractivity contribution in [1.29, 1.82) is 0 Å². The van der Waals surface area contributed by atoms with Crippen molar-refractivity contribution in [2.45, 2.75) is 53.4 Å². The summed E-state index contributed by atoms with van der Waals surface area (Å²) in [6.45, 7) is 10.1. The van der Waals surface area contributed by atoms with Crippen LogP contribution < -0.4 is 0 Å². The predicted octanol–water partition coefficient (Wildman–Crippen LogP) is 4.66. The summed E-state index contributed by atoms with van der Waals surface area (Å²) >= 11 is 10.4. The zero-order valence-corrected chi connectivity index (χ0v) is 14.0. The van der Waals surface area contributed by atoms with Gasteiger partial charge in [0.2, 0.25) is 0 Å². The highest BCUT2D eigenvalue weighted by molar-refractivity contribution is 8.51. The monoisotopic (exact) mass is 297 g/mol. The average Bonchev–Trinajstić information content (AvgIpc) is 2.19. The zero-order chi connectivity index (χ0) is 13.3. The highest BCUT2D eigenvalue weighted by Gasteiger charge is 2.03. The van der Waals surface area contributed by atoms with Gasteiger partial charge in [0, 0.05) is 0 Å². The summed E-state index contributed by atoms with van der Waals surface area (Å²) in [4.78, 5) is 0. The summed E-state index contributed by atoms with van der Waals surface area (Å²) < 4.78 is 11.0. The molecule has 0 aromatic heterocycles. The van der Waals surface area contributed by atoms with E-state index in [1.54, 1.807) is 0 Å². The third kappa shape index (κ3) is 13.2. The minimum absolute atomic E-state index is 0.642. The van der Waals surface area contributed by atoms with Crippen LogP contribution in [0.2, 0.25) is 0 Å². The third-order valence-corrected chi connectivity index (χ3v) is 4.61. The second-order valence-corrected chi connectivity index (χ2v) is 10.2. The van der Waals surface area contributed by atoms with Crippen molar-refractivity contribution in [2.24, 2.45) is 11.8 Å². The molecular weight excluding hydrogens is 271 g/mol. The fourth-order valence-corrected chi connectivity index (χ4v) is 3.05. The van der Waals surface area contributed by atoms with E-state index in [0.717, 1.165) is 25.7 Å². The molecule has 0 aliphatic heterocycles. The van der Waals surface area contributed by atoms with Gasteiger partial charge in [0.1, 0.15) is 0 Å². The third-order valence-electron chi connectivity index (χ3n) is 2.35. The summed E-state index contributed by atoms with van der Waals surface area (Å²) in [5.41, 5.74) is -2.40. The lowest BCUT2D eigenvalue weighted by molar-refractivity contribution is 0.245. The molecule has 0 heterocycles. The Morgan fingerprint density at radius 2 is 1.29 bits per heavy atom. The SMILES string of the molecule is CC(C)CCCOP(=S)([S-])OCCCC(C)C. The van der Waals surface area contributed by atoms with Gasteiger partial charge in [-0.25, -0.2) is 0 Å². The van der Waals surface area contributed by atoms with Crippen LogP contribution in [0.3, 0.4) is 0 Å². The Morgan fingerprint density at radius 1 is 0.941 bits per heavy atom. The minimum Gasteiger partial charge on any atom is -0.691 e. The van der Waals surface area contributed by atoms with Crippen molar-refractivity contribution in [2.75, 3.05) is 13.2 Å². The predicted molar refractivity (Wildman–Crippen MR) is 81.7 cm³/mol. The van der Waals surface area contributed by atoms with Gasteiger partial charge >= 0.3 is 0 Å². The van der Waals surface area contributed by atoms with E-state index in [9.17, 15) is 0 Å². The molecule has 0 fully saturated rings. The first-order chi connectivity index (χ1) is 7.83. The summed E-state index contributed by atoms with van der Waals surface area (Å²) in [5.74, 6) is 1.40. The second kappa shape index (κ2) is 9.80. The van der Waals surface area contributed by atoms with Crippen LogP contribution in [0, 0.1) is 11.8 Å². The summed E-state index contributed by atoms with van der Waals surface area (Å²) in [6.07, 6.45) is 4.33. The molecule has 0 amide bonds. The molecule has 0 unspecified atom stereocenters. The Labute approximate surface area is 117 Å². The van der Waals surface area contributed by atoms with E-state index in [1.165, 1.54) is 0 Å². The standard InChI is InChI=1S/C12H27O2PS2/c1-11(2)7-5-9-13-15(16,17)14-10-6-8-12(3)4/h11-12H,5-10H2,1-4H3,(H,16,17)/p-1. The first-order valence-corrected chi connectivity index (χ1v) is 10.1. The van der Waals surface area contributed by atoms with Crippen LogP contribution in [-0.2, 0) is 33.1 Å². The average molecular weight is 297 g/mol. The number of hydrogen-bond donors (Lipinski definition) is 0. The van der Waals surface area contributed by atoms with Crippen molar-refractivity contribution >= 4 is 29.7 Å². The van der Waals surface area contributed by atoms with Crippen molar-refractivity contribution in [1.82, 2.24) is 0 Å². The van der Waals surface area contributed by atoms with E-state index in [-0.39, 0.29) is 0 Å². The zero-order valence-electron chi connectivity index (χ0n) is 11.5. The molecule has 0 aromatic carbocycles. The van der Waals surface area contributed by atoms with Gasteiger partial charge in [0.05, 0.1) is 18.9 Å².